The Kier molecular flexibility index (Phi) is 6.58. The molecule has 1 unspecified atom stereocenters. The van der Waals surface area contributed by atoms with Crippen LogP contribution in [0.1, 0.15) is 10.4 Å². The number of carbonyl (C=O) groups excluding carboxylic acids is 2. The van der Waals surface area contributed by atoms with Crippen LogP contribution < -0.4 is 5.32 Å². The fraction of sp³-hybridized carbons (Fsp3) is 0.529. The summed E-state index contributed by atoms with van der Waals surface area (Å²) < 4.78 is 5.31. The summed E-state index contributed by atoms with van der Waals surface area (Å²) in [5, 5.41) is 3.56. The topological polar surface area (TPSA) is 61.9 Å². The van der Waals surface area contributed by atoms with Crippen LogP contribution in [0.2, 0.25) is 5.02 Å². The van der Waals surface area contributed by atoms with E-state index in [4.69, 9.17) is 16.3 Å². The van der Waals surface area contributed by atoms with E-state index in [1.54, 1.807) is 40.9 Å². The number of halogens is 1. The summed E-state index contributed by atoms with van der Waals surface area (Å²) in [4.78, 5) is 29.1. The highest BCUT2D eigenvalue weighted by Crippen LogP contribution is 2.23. The Hall–Kier alpha value is -1.28. The second-order valence-corrected chi connectivity index (χ2v) is 7.48. The van der Waals surface area contributed by atoms with Crippen LogP contribution in [0.15, 0.2) is 24.3 Å². The van der Waals surface area contributed by atoms with Crippen LogP contribution in [-0.4, -0.2) is 78.7 Å². The van der Waals surface area contributed by atoms with Gasteiger partial charge in [-0.2, -0.15) is 0 Å². The van der Waals surface area contributed by atoms with Crippen LogP contribution in [0.4, 0.5) is 0 Å². The van der Waals surface area contributed by atoms with Crippen molar-refractivity contribution < 1.29 is 14.3 Å². The molecule has 136 valence electrons. The quantitative estimate of drug-likeness (QED) is 0.830. The lowest BCUT2D eigenvalue weighted by molar-refractivity contribution is -0.124. The number of nitrogens with zero attached hydrogens (tertiary/aromatic N) is 2. The maximum atomic E-state index is 12.7. The minimum absolute atomic E-state index is 0.0828. The van der Waals surface area contributed by atoms with E-state index in [1.807, 2.05) is 0 Å². The molecule has 2 fully saturated rings. The third-order valence-electron chi connectivity index (χ3n) is 4.37. The minimum atomic E-state index is -0.419. The van der Waals surface area contributed by atoms with Gasteiger partial charge < -0.3 is 15.0 Å². The number of nitrogens with one attached hydrogen (secondary N) is 1. The number of amides is 2. The smallest absolute Gasteiger partial charge is 0.255 e. The molecule has 0 aliphatic carbocycles. The SMILES string of the molecule is O=C(NCCN1CCOCC1)C1CSCN1C(=O)c1ccc(Cl)cc1. The summed E-state index contributed by atoms with van der Waals surface area (Å²) in [6.07, 6.45) is 0. The summed E-state index contributed by atoms with van der Waals surface area (Å²) in [6, 6.07) is 6.35. The molecule has 0 radical (unpaired) electrons. The molecule has 1 aromatic carbocycles. The van der Waals surface area contributed by atoms with Crippen molar-refractivity contribution in [2.24, 2.45) is 0 Å². The molecule has 0 aromatic heterocycles. The van der Waals surface area contributed by atoms with Crippen molar-refractivity contribution in [2.45, 2.75) is 6.04 Å². The number of hydrogen-bond donors (Lipinski definition) is 1. The van der Waals surface area contributed by atoms with Gasteiger partial charge in [-0.25, -0.2) is 0 Å². The third-order valence-corrected chi connectivity index (χ3v) is 5.63. The van der Waals surface area contributed by atoms with Crippen LogP contribution >= 0.6 is 23.4 Å². The molecule has 2 aliphatic rings. The third kappa shape index (κ3) is 4.88. The van der Waals surface area contributed by atoms with Crippen LogP contribution in [0.3, 0.4) is 0 Å². The van der Waals surface area contributed by atoms with Gasteiger partial charge in [-0.3, -0.25) is 14.5 Å². The molecule has 2 amide bonds. The predicted molar refractivity (Wildman–Crippen MR) is 99.0 cm³/mol. The number of rotatable bonds is 5. The number of thioether (sulfide) groups is 1. The van der Waals surface area contributed by atoms with E-state index in [9.17, 15) is 9.59 Å². The summed E-state index contributed by atoms with van der Waals surface area (Å²) in [5.74, 6) is 0.946. The Balaban J connectivity index is 1.52. The number of ether oxygens (including phenoxy) is 1. The predicted octanol–water partition coefficient (Wildman–Crippen LogP) is 1.30. The standard InChI is InChI=1S/C17H22ClN3O3S/c18-14-3-1-13(2-4-14)17(23)21-12-25-11-15(21)16(22)19-5-6-20-7-9-24-10-8-20/h1-4,15H,5-12H2,(H,19,22). The Morgan fingerprint density at radius 1 is 1.24 bits per heavy atom. The Bertz CT molecular complexity index is 608. The van der Waals surface area contributed by atoms with Gasteiger partial charge in [0.05, 0.1) is 19.1 Å². The van der Waals surface area contributed by atoms with Crippen LogP contribution in [0.25, 0.3) is 0 Å². The lowest BCUT2D eigenvalue weighted by Crippen LogP contribution is -2.49. The Labute approximate surface area is 156 Å². The summed E-state index contributed by atoms with van der Waals surface area (Å²) >= 11 is 7.47. The molecule has 2 heterocycles. The van der Waals surface area contributed by atoms with Crippen molar-refractivity contribution in [1.82, 2.24) is 15.1 Å². The molecule has 2 saturated heterocycles. The number of benzene rings is 1. The van der Waals surface area contributed by atoms with Gasteiger partial charge in [-0.1, -0.05) is 11.6 Å². The van der Waals surface area contributed by atoms with Crippen molar-refractivity contribution >= 4 is 35.2 Å². The highest BCUT2D eigenvalue weighted by atomic mass is 35.5. The first-order valence-electron chi connectivity index (χ1n) is 8.37. The van der Waals surface area contributed by atoms with Gasteiger partial charge in [0.1, 0.15) is 6.04 Å². The molecule has 3 rings (SSSR count). The van der Waals surface area contributed by atoms with E-state index in [0.29, 0.717) is 28.8 Å². The first-order valence-corrected chi connectivity index (χ1v) is 9.90. The van der Waals surface area contributed by atoms with E-state index < -0.39 is 6.04 Å². The van der Waals surface area contributed by atoms with Gasteiger partial charge in [0.2, 0.25) is 5.91 Å². The van der Waals surface area contributed by atoms with E-state index in [-0.39, 0.29) is 11.8 Å². The lowest BCUT2D eigenvalue weighted by atomic mass is 10.1. The molecule has 0 saturated carbocycles. The van der Waals surface area contributed by atoms with Crippen molar-refractivity contribution in [3.63, 3.8) is 0 Å². The maximum Gasteiger partial charge on any atom is 0.255 e. The second-order valence-electron chi connectivity index (χ2n) is 6.04. The zero-order valence-corrected chi connectivity index (χ0v) is 15.5. The first kappa shape index (κ1) is 18.5. The molecular weight excluding hydrogens is 362 g/mol. The molecule has 1 atom stereocenters. The summed E-state index contributed by atoms with van der Waals surface area (Å²) in [7, 11) is 0. The maximum absolute atomic E-state index is 12.7. The highest BCUT2D eigenvalue weighted by Gasteiger charge is 2.34. The average molecular weight is 384 g/mol. The monoisotopic (exact) mass is 383 g/mol. The Morgan fingerprint density at radius 3 is 2.68 bits per heavy atom. The lowest BCUT2D eigenvalue weighted by Gasteiger charge is -2.27. The fourth-order valence-corrected chi connectivity index (χ4v) is 4.18. The first-order chi connectivity index (χ1) is 12.1. The molecule has 8 heteroatoms. The summed E-state index contributed by atoms with van der Waals surface area (Å²) in [6.45, 7) is 4.68. The molecule has 0 spiro atoms. The molecule has 1 aromatic rings. The molecule has 0 bridgehead atoms. The number of hydrogen-bond acceptors (Lipinski definition) is 5. The number of morpholine rings is 1. The van der Waals surface area contributed by atoms with Gasteiger partial charge in [0.25, 0.3) is 5.91 Å². The van der Waals surface area contributed by atoms with Crippen LogP contribution in [0.5, 0.6) is 0 Å². The van der Waals surface area contributed by atoms with Crippen molar-refractivity contribution in [3.05, 3.63) is 34.9 Å². The van der Waals surface area contributed by atoms with E-state index in [1.165, 1.54) is 0 Å². The fourth-order valence-electron chi connectivity index (χ4n) is 2.90. The van der Waals surface area contributed by atoms with Gasteiger partial charge in [-0.05, 0) is 24.3 Å². The van der Waals surface area contributed by atoms with Crippen molar-refractivity contribution in [1.29, 1.82) is 0 Å². The highest BCUT2D eigenvalue weighted by molar-refractivity contribution is 7.99. The average Bonchev–Trinajstić information content (AvgIpc) is 3.12. The largest absolute Gasteiger partial charge is 0.379 e. The van der Waals surface area contributed by atoms with Gasteiger partial charge >= 0.3 is 0 Å². The second kappa shape index (κ2) is 8.89. The van der Waals surface area contributed by atoms with Crippen molar-refractivity contribution in [2.75, 3.05) is 51.0 Å². The minimum Gasteiger partial charge on any atom is -0.379 e. The van der Waals surface area contributed by atoms with E-state index in [0.717, 1.165) is 32.8 Å². The zero-order chi connectivity index (χ0) is 17.6. The van der Waals surface area contributed by atoms with Crippen LogP contribution in [-0.2, 0) is 9.53 Å². The molecule has 1 N–H and O–H groups in total. The van der Waals surface area contributed by atoms with Crippen molar-refractivity contribution in [3.8, 4) is 0 Å². The van der Waals surface area contributed by atoms with E-state index in [2.05, 4.69) is 10.2 Å². The molecule has 6 nitrogen and oxygen atoms in total. The zero-order valence-electron chi connectivity index (χ0n) is 13.9. The van der Waals surface area contributed by atoms with Gasteiger partial charge in [-0.15, -0.1) is 11.8 Å². The Morgan fingerprint density at radius 2 is 1.96 bits per heavy atom. The van der Waals surface area contributed by atoms with E-state index >= 15 is 0 Å². The normalized spacial score (nSPS) is 21.3. The molecular formula is C17H22ClN3O3S. The number of carbonyl (C=O) groups is 2. The van der Waals surface area contributed by atoms with Gasteiger partial charge in [0.15, 0.2) is 0 Å². The summed E-state index contributed by atoms with van der Waals surface area (Å²) in [5.41, 5.74) is 0.554. The van der Waals surface area contributed by atoms with Gasteiger partial charge in [0, 0.05) is 42.5 Å². The van der Waals surface area contributed by atoms with Crippen LogP contribution in [0, 0.1) is 0 Å². The molecule has 2 aliphatic heterocycles. The molecule has 25 heavy (non-hydrogen) atoms.